The van der Waals surface area contributed by atoms with Gasteiger partial charge in [-0.2, -0.15) is 0 Å². The molecule has 1 unspecified atom stereocenters. The molecule has 1 fully saturated rings. The highest BCUT2D eigenvalue weighted by molar-refractivity contribution is 5.94. The molecule has 6 heteroatoms. The standard InChI is InChI=1S/C23H28FN3O2/c1-16(2)26-23(29)27-12-4-7-20(15-27)18-5-3-6-19(13-18)22(28)25-14-17-8-10-21(24)11-9-17/h3,5-6,8-11,13,16,20H,4,7,12,14-15H2,1-2H3,(H,25,28)(H,26,29). The first-order valence-electron chi connectivity index (χ1n) is 10.1. The lowest BCUT2D eigenvalue weighted by molar-refractivity contribution is 0.0950. The van der Waals surface area contributed by atoms with Crippen LogP contribution >= 0.6 is 0 Å². The van der Waals surface area contributed by atoms with Crippen molar-refractivity contribution in [3.63, 3.8) is 0 Å². The average Bonchev–Trinajstić information content (AvgIpc) is 2.73. The van der Waals surface area contributed by atoms with E-state index in [0.29, 0.717) is 18.7 Å². The lowest BCUT2D eigenvalue weighted by Crippen LogP contribution is -2.47. The summed E-state index contributed by atoms with van der Waals surface area (Å²) in [6.07, 6.45) is 1.93. The predicted molar refractivity (Wildman–Crippen MR) is 111 cm³/mol. The van der Waals surface area contributed by atoms with Crippen molar-refractivity contribution in [3.05, 3.63) is 71.0 Å². The number of halogens is 1. The minimum Gasteiger partial charge on any atom is -0.348 e. The molecule has 0 spiro atoms. The van der Waals surface area contributed by atoms with Crippen molar-refractivity contribution >= 4 is 11.9 Å². The van der Waals surface area contributed by atoms with E-state index in [0.717, 1.165) is 30.5 Å². The second-order valence-corrected chi connectivity index (χ2v) is 7.82. The van der Waals surface area contributed by atoms with E-state index in [9.17, 15) is 14.0 Å². The first kappa shape index (κ1) is 20.8. The second-order valence-electron chi connectivity index (χ2n) is 7.82. The molecule has 3 rings (SSSR count). The fraction of sp³-hybridized carbons (Fsp3) is 0.391. The molecule has 2 N–H and O–H groups in total. The van der Waals surface area contributed by atoms with Gasteiger partial charge in [0.2, 0.25) is 0 Å². The van der Waals surface area contributed by atoms with Gasteiger partial charge in [-0.1, -0.05) is 24.3 Å². The van der Waals surface area contributed by atoms with Crippen LogP contribution in [0, 0.1) is 5.82 Å². The largest absolute Gasteiger partial charge is 0.348 e. The zero-order chi connectivity index (χ0) is 20.8. The maximum atomic E-state index is 13.0. The van der Waals surface area contributed by atoms with Crippen LogP contribution in [0.1, 0.15) is 54.1 Å². The molecular weight excluding hydrogens is 369 g/mol. The van der Waals surface area contributed by atoms with Crippen molar-refractivity contribution in [2.24, 2.45) is 0 Å². The smallest absolute Gasteiger partial charge is 0.317 e. The molecule has 2 aromatic carbocycles. The van der Waals surface area contributed by atoms with Gasteiger partial charge in [-0.15, -0.1) is 0 Å². The maximum Gasteiger partial charge on any atom is 0.317 e. The lowest BCUT2D eigenvalue weighted by Gasteiger charge is -2.33. The van der Waals surface area contributed by atoms with E-state index in [4.69, 9.17) is 0 Å². The molecule has 154 valence electrons. The summed E-state index contributed by atoms with van der Waals surface area (Å²) in [4.78, 5) is 26.7. The number of hydrogen-bond donors (Lipinski definition) is 2. The summed E-state index contributed by atoms with van der Waals surface area (Å²) in [6, 6.07) is 13.8. The van der Waals surface area contributed by atoms with E-state index >= 15 is 0 Å². The fourth-order valence-electron chi connectivity index (χ4n) is 3.59. The number of likely N-dealkylation sites (tertiary alicyclic amines) is 1. The van der Waals surface area contributed by atoms with E-state index in [1.807, 2.05) is 36.9 Å². The number of rotatable bonds is 5. The summed E-state index contributed by atoms with van der Waals surface area (Å²) in [5.74, 6) is -0.246. The van der Waals surface area contributed by atoms with Crippen molar-refractivity contribution in [2.75, 3.05) is 13.1 Å². The SMILES string of the molecule is CC(C)NC(=O)N1CCCC(c2cccc(C(=O)NCc3ccc(F)cc3)c2)C1. The Hall–Kier alpha value is -2.89. The average molecular weight is 397 g/mol. The van der Waals surface area contributed by atoms with E-state index in [-0.39, 0.29) is 29.7 Å². The molecule has 1 heterocycles. The maximum absolute atomic E-state index is 13.0. The summed E-state index contributed by atoms with van der Waals surface area (Å²) in [6.45, 7) is 5.66. The number of benzene rings is 2. The topological polar surface area (TPSA) is 61.4 Å². The van der Waals surface area contributed by atoms with Crippen molar-refractivity contribution in [1.29, 1.82) is 0 Å². The van der Waals surface area contributed by atoms with Crippen LogP contribution in [0.2, 0.25) is 0 Å². The Morgan fingerprint density at radius 1 is 1.17 bits per heavy atom. The molecule has 0 aliphatic carbocycles. The van der Waals surface area contributed by atoms with Gasteiger partial charge in [0.15, 0.2) is 0 Å². The molecule has 0 saturated carbocycles. The van der Waals surface area contributed by atoms with Gasteiger partial charge in [-0.25, -0.2) is 9.18 Å². The quantitative estimate of drug-likeness (QED) is 0.800. The molecule has 1 atom stereocenters. The summed E-state index contributed by atoms with van der Waals surface area (Å²) >= 11 is 0. The van der Waals surface area contributed by atoms with Crippen LogP contribution in [0.5, 0.6) is 0 Å². The highest BCUT2D eigenvalue weighted by Crippen LogP contribution is 2.27. The Kier molecular flexibility index (Phi) is 6.86. The minimum atomic E-state index is -0.295. The molecule has 3 amide bonds. The first-order chi connectivity index (χ1) is 13.9. The molecule has 29 heavy (non-hydrogen) atoms. The lowest BCUT2D eigenvalue weighted by atomic mass is 9.89. The van der Waals surface area contributed by atoms with Crippen LogP contribution in [-0.2, 0) is 6.54 Å². The Labute approximate surface area is 171 Å². The van der Waals surface area contributed by atoms with Crippen LogP contribution in [0.25, 0.3) is 0 Å². The van der Waals surface area contributed by atoms with Crippen LogP contribution < -0.4 is 10.6 Å². The third-order valence-corrected chi connectivity index (χ3v) is 5.11. The molecule has 1 aliphatic heterocycles. The number of hydrogen-bond acceptors (Lipinski definition) is 2. The van der Waals surface area contributed by atoms with Crippen molar-refractivity contribution < 1.29 is 14.0 Å². The molecule has 0 bridgehead atoms. The van der Waals surface area contributed by atoms with Gasteiger partial charge in [0.1, 0.15) is 5.82 Å². The third-order valence-electron chi connectivity index (χ3n) is 5.11. The summed E-state index contributed by atoms with van der Waals surface area (Å²) < 4.78 is 13.0. The number of carbonyl (C=O) groups is 2. The fourth-order valence-corrected chi connectivity index (χ4v) is 3.59. The number of nitrogens with one attached hydrogen (secondary N) is 2. The van der Waals surface area contributed by atoms with Crippen molar-refractivity contribution in [2.45, 2.75) is 45.2 Å². The molecular formula is C23H28FN3O2. The van der Waals surface area contributed by atoms with Crippen LogP contribution in [-0.4, -0.2) is 36.0 Å². The van der Waals surface area contributed by atoms with E-state index in [1.165, 1.54) is 12.1 Å². The van der Waals surface area contributed by atoms with Crippen LogP contribution in [0.15, 0.2) is 48.5 Å². The second kappa shape index (κ2) is 9.54. The van der Waals surface area contributed by atoms with E-state index in [1.54, 1.807) is 18.2 Å². The summed E-state index contributed by atoms with van der Waals surface area (Å²) in [5, 5.41) is 5.83. The summed E-state index contributed by atoms with van der Waals surface area (Å²) in [5.41, 5.74) is 2.50. The predicted octanol–water partition coefficient (Wildman–Crippen LogP) is 4.05. The number of piperidine rings is 1. The normalized spacial score (nSPS) is 16.6. The highest BCUT2D eigenvalue weighted by atomic mass is 19.1. The van der Waals surface area contributed by atoms with Gasteiger partial charge in [0.25, 0.3) is 5.91 Å². The Balaban J connectivity index is 1.63. The Morgan fingerprint density at radius 2 is 1.93 bits per heavy atom. The van der Waals surface area contributed by atoms with Gasteiger partial charge >= 0.3 is 6.03 Å². The van der Waals surface area contributed by atoms with Crippen molar-refractivity contribution in [1.82, 2.24) is 15.5 Å². The minimum absolute atomic E-state index is 0.0297. The Bertz CT molecular complexity index is 851. The van der Waals surface area contributed by atoms with E-state index < -0.39 is 0 Å². The van der Waals surface area contributed by atoms with Gasteiger partial charge in [-0.3, -0.25) is 4.79 Å². The zero-order valence-corrected chi connectivity index (χ0v) is 17.0. The zero-order valence-electron chi connectivity index (χ0n) is 17.0. The molecule has 5 nitrogen and oxygen atoms in total. The van der Waals surface area contributed by atoms with Gasteiger partial charge in [0, 0.05) is 37.2 Å². The number of amides is 3. The third kappa shape index (κ3) is 5.79. The number of nitrogens with zero attached hydrogens (tertiary/aromatic N) is 1. The number of urea groups is 1. The van der Waals surface area contributed by atoms with E-state index in [2.05, 4.69) is 10.6 Å². The highest BCUT2D eigenvalue weighted by Gasteiger charge is 2.25. The van der Waals surface area contributed by atoms with Gasteiger partial charge < -0.3 is 15.5 Å². The molecule has 0 aromatic heterocycles. The monoisotopic (exact) mass is 397 g/mol. The van der Waals surface area contributed by atoms with Gasteiger partial charge in [-0.05, 0) is 62.1 Å². The van der Waals surface area contributed by atoms with Crippen LogP contribution in [0.3, 0.4) is 0 Å². The molecule has 2 aromatic rings. The number of carbonyl (C=O) groups excluding carboxylic acids is 2. The summed E-state index contributed by atoms with van der Waals surface area (Å²) in [7, 11) is 0. The van der Waals surface area contributed by atoms with Gasteiger partial charge in [0.05, 0.1) is 0 Å². The van der Waals surface area contributed by atoms with Crippen molar-refractivity contribution in [3.8, 4) is 0 Å². The molecule has 1 saturated heterocycles. The Morgan fingerprint density at radius 3 is 2.66 bits per heavy atom. The molecule has 0 radical (unpaired) electrons. The molecule has 1 aliphatic rings. The first-order valence-corrected chi connectivity index (χ1v) is 10.1. The van der Waals surface area contributed by atoms with Crippen LogP contribution in [0.4, 0.5) is 9.18 Å².